The van der Waals surface area contributed by atoms with Crippen molar-refractivity contribution in [2.75, 3.05) is 13.2 Å². The molecule has 0 aliphatic carbocycles. The number of benzene rings is 1. The number of carbonyl (C=O) groups is 1. The molecule has 0 bridgehead atoms. The maximum Gasteiger partial charge on any atom is 0.226 e. The Kier molecular flexibility index (Phi) is 4.64. The van der Waals surface area contributed by atoms with Crippen LogP contribution in [0.2, 0.25) is 0 Å². The van der Waals surface area contributed by atoms with E-state index >= 15 is 0 Å². The summed E-state index contributed by atoms with van der Waals surface area (Å²) < 4.78 is 11.9. The number of aryl methyl sites for hydroxylation is 1. The van der Waals surface area contributed by atoms with Crippen LogP contribution in [-0.2, 0) is 16.0 Å². The first kappa shape index (κ1) is 17.0. The molecular formula is C21H24N2O3. The van der Waals surface area contributed by atoms with Gasteiger partial charge in [-0.2, -0.15) is 0 Å². The lowest BCUT2D eigenvalue weighted by molar-refractivity contribution is -0.122. The van der Waals surface area contributed by atoms with Gasteiger partial charge in [-0.3, -0.25) is 9.78 Å². The van der Waals surface area contributed by atoms with Crippen molar-refractivity contribution in [3.63, 3.8) is 0 Å². The Labute approximate surface area is 153 Å². The fourth-order valence-electron chi connectivity index (χ4n) is 3.88. The Bertz CT molecular complexity index is 785. The number of hydrogen-bond donors (Lipinski definition) is 1. The predicted octanol–water partition coefficient (Wildman–Crippen LogP) is 3.12. The SMILES string of the molecule is Cc1ccc2c(c1)[C@@H](NC(=O)Cc1ccccn1)CC1(CCOCC1)O2. The summed E-state index contributed by atoms with van der Waals surface area (Å²) in [6.07, 6.45) is 4.49. The van der Waals surface area contributed by atoms with Crippen molar-refractivity contribution in [1.82, 2.24) is 10.3 Å². The highest BCUT2D eigenvalue weighted by Crippen LogP contribution is 2.44. The van der Waals surface area contributed by atoms with Crippen LogP contribution in [0.15, 0.2) is 42.6 Å². The molecule has 1 saturated heterocycles. The number of nitrogens with one attached hydrogen (secondary N) is 1. The van der Waals surface area contributed by atoms with Crippen LogP contribution >= 0.6 is 0 Å². The van der Waals surface area contributed by atoms with Gasteiger partial charge >= 0.3 is 0 Å². The number of nitrogens with zero attached hydrogens (tertiary/aromatic N) is 1. The first-order valence-corrected chi connectivity index (χ1v) is 9.20. The van der Waals surface area contributed by atoms with Crippen LogP contribution in [0.25, 0.3) is 0 Å². The van der Waals surface area contributed by atoms with Crippen LogP contribution in [0.4, 0.5) is 0 Å². The van der Waals surface area contributed by atoms with Crippen molar-refractivity contribution in [2.45, 2.75) is 44.2 Å². The summed E-state index contributed by atoms with van der Waals surface area (Å²) in [5, 5.41) is 3.22. The summed E-state index contributed by atoms with van der Waals surface area (Å²) in [5.41, 5.74) is 2.77. The number of pyridine rings is 1. The van der Waals surface area contributed by atoms with E-state index in [4.69, 9.17) is 9.47 Å². The number of carbonyl (C=O) groups excluding carboxylic acids is 1. The average molecular weight is 352 g/mol. The summed E-state index contributed by atoms with van der Waals surface area (Å²) in [6, 6.07) is 11.8. The molecule has 1 spiro atoms. The highest BCUT2D eigenvalue weighted by molar-refractivity contribution is 5.78. The molecule has 2 aliphatic heterocycles. The molecule has 2 aromatic rings. The lowest BCUT2D eigenvalue weighted by Gasteiger charge is -2.44. The molecular weight excluding hydrogens is 328 g/mol. The van der Waals surface area contributed by atoms with Crippen LogP contribution < -0.4 is 10.1 Å². The second-order valence-electron chi connectivity index (χ2n) is 7.26. The molecule has 0 saturated carbocycles. The zero-order valence-corrected chi connectivity index (χ0v) is 15.0. The molecule has 1 fully saturated rings. The van der Waals surface area contributed by atoms with E-state index in [0.29, 0.717) is 13.2 Å². The van der Waals surface area contributed by atoms with Gasteiger partial charge in [-0.1, -0.05) is 23.8 Å². The van der Waals surface area contributed by atoms with E-state index in [0.717, 1.165) is 36.3 Å². The first-order valence-electron chi connectivity index (χ1n) is 9.20. The number of ether oxygens (including phenoxy) is 2. The van der Waals surface area contributed by atoms with E-state index in [2.05, 4.69) is 29.4 Å². The Balaban J connectivity index is 1.57. The van der Waals surface area contributed by atoms with E-state index in [-0.39, 0.29) is 24.0 Å². The average Bonchev–Trinajstić information content (AvgIpc) is 2.64. The number of hydrogen-bond acceptors (Lipinski definition) is 4. The summed E-state index contributed by atoms with van der Waals surface area (Å²) in [6.45, 7) is 3.47. The van der Waals surface area contributed by atoms with E-state index in [1.807, 2.05) is 24.3 Å². The third-order valence-corrected chi connectivity index (χ3v) is 5.25. The van der Waals surface area contributed by atoms with Crippen molar-refractivity contribution in [2.24, 2.45) is 0 Å². The minimum absolute atomic E-state index is 0.00901. The zero-order valence-electron chi connectivity index (χ0n) is 15.0. The molecule has 0 unspecified atom stereocenters. The quantitative estimate of drug-likeness (QED) is 0.922. The molecule has 3 heterocycles. The van der Waals surface area contributed by atoms with Gasteiger partial charge in [-0.15, -0.1) is 0 Å². The van der Waals surface area contributed by atoms with Gasteiger partial charge in [-0.25, -0.2) is 0 Å². The lowest BCUT2D eigenvalue weighted by Crippen LogP contribution is -2.48. The number of amides is 1. The number of aromatic nitrogens is 1. The second-order valence-corrected chi connectivity index (χ2v) is 7.26. The first-order chi connectivity index (χ1) is 12.6. The Morgan fingerprint density at radius 3 is 2.88 bits per heavy atom. The molecule has 5 heteroatoms. The van der Waals surface area contributed by atoms with Crippen LogP contribution in [0.1, 0.15) is 42.1 Å². The standard InChI is InChI=1S/C21H24N2O3/c1-15-5-6-19-17(12-15)18(14-21(26-19)7-10-25-11-8-21)23-20(24)13-16-4-2-3-9-22-16/h2-6,9,12,18H,7-8,10-11,13-14H2,1H3,(H,23,24)/t18-/m0/s1. The normalized spacial score (nSPS) is 20.9. The van der Waals surface area contributed by atoms with E-state index in [1.165, 1.54) is 5.56 Å². The van der Waals surface area contributed by atoms with Gasteiger partial charge in [-0.05, 0) is 25.1 Å². The monoisotopic (exact) mass is 352 g/mol. The number of rotatable bonds is 3. The molecule has 136 valence electrons. The number of fused-ring (bicyclic) bond motifs is 1. The van der Waals surface area contributed by atoms with Gasteiger partial charge in [0.15, 0.2) is 0 Å². The van der Waals surface area contributed by atoms with E-state index in [1.54, 1.807) is 6.20 Å². The topological polar surface area (TPSA) is 60.5 Å². The molecule has 2 aliphatic rings. The van der Waals surface area contributed by atoms with Crippen LogP contribution in [0.5, 0.6) is 5.75 Å². The van der Waals surface area contributed by atoms with Crippen molar-refractivity contribution in [3.05, 3.63) is 59.4 Å². The van der Waals surface area contributed by atoms with Gasteiger partial charge in [0, 0.05) is 36.7 Å². The van der Waals surface area contributed by atoms with Gasteiger partial charge in [0.05, 0.1) is 25.7 Å². The largest absolute Gasteiger partial charge is 0.487 e. The fraction of sp³-hybridized carbons (Fsp3) is 0.429. The summed E-state index contributed by atoms with van der Waals surface area (Å²) in [4.78, 5) is 16.9. The highest BCUT2D eigenvalue weighted by atomic mass is 16.5. The molecule has 1 aromatic heterocycles. The van der Waals surface area contributed by atoms with E-state index in [9.17, 15) is 4.79 Å². The smallest absolute Gasteiger partial charge is 0.226 e. The van der Waals surface area contributed by atoms with Crippen molar-refractivity contribution in [1.29, 1.82) is 0 Å². The molecule has 1 atom stereocenters. The summed E-state index contributed by atoms with van der Waals surface area (Å²) in [5.74, 6) is 0.872. The Morgan fingerprint density at radius 2 is 2.12 bits per heavy atom. The molecule has 26 heavy (non-hydrogen) atoms. The molecule has 4 rings (SSSR count). The molecule has 5 nitrogen and oxygen atoms in total. The maximum atomic E-state index is 12.6. The summed E-state index contributed by atoms with van der Waals surface area (Å²) >= 11 is 0. The van der Waals surface area contributed by atoms with Crippen LogP contribution in [-0.4, -0.2) is 29.7 Å². The van der Waals surface area contributed by atoms with Crippen molar-refractivity contribution >= 4 is 5.91 Å². The van der Waals surface area contributed by atoms with Crippen molar-refractivity contribution in [3.8, 4) is 5.75 Å². The Hall–Kier alpha value is -2.40. The van der Waals surface area contributed by atoms with Crippen LogP contribution in [0, 0.1) is 6.92 Å². The zero-order chi connectivity index (χ0) is 18.0. The predicted molar refractivity (Wildman–Crippen MR) is 98.0 cm³/mol. The Morgan fingerprint density at radius 1 is 1.27 bits per heavy atom. The van der Waals surface area contributed by atoms with Crippen LogP contribution in [0.3, 0.4) is 0 Å². The highest BCUT2D eigenvalue weighted by Gasteiger charge is 2.42. The second kappa shape index (κ2) is 7.08. The third-order valence-electron chi connectivity index (χ3n) is 5.25. The minimum atomic E-state index is -0.247. The third kappa shape index (κ3) is 3.58. The van der Waals surface area contributed by atoms with Gasteiger partial charge < -0.3 is 14.8 Å². The lowest BCUT2D eigenvalue weighted by atomic mass is 9.81. The van der Waals surface area contributed by atoms with Gasteiger partial charge in [0.1, 0.15) is 11.4 Å². The van der Waals surface area contributed by atoms with E-state index < -0.39 is 0 Å². The van der Waals surface area contributed by atoms with Gasteiger partial charge in [0.25, 0.3) is 0 Å². The molecule has 1 amide bonds. The molecule has 1 aromatic carbocycles. The molecule has 1 N–H and O–H groups in total. The van der Waals surface area contributed by atoms with Gasteiger partial charge in [0.2, 0.25) is 5.91 Å². The van der Waals surface area contributed by atoms with Crippen molar-refractivity contribution < 1.29 is 14.3 Å². The molecule has 0 radical (unpaired) electrons. The maximum absolute atomic E-state index is 12.6. The summed E-state index contributed by atoms with van der Waals surface area (Å²) in [7, 11) is 0. The minimum Gasteiger partial charge on any atom is -0.487 e. The fourth-order valence-corrected chi connectivity index (χ4v) is 3.88.